The average Bonchev–Trinajstić information content (AvgIpc) is 2.62. The summed E-state index contributed by atoms with van der Waals surface area (Å²) in [5, 5.41) is 13.4. The fourth-order valence-electron chi connectivity index (χ4n) is 2.07. The molecule has 0 bridgehead atoms. The second-order valence-corrected chi connectivity index (χ2v) is 5.05. The van der Waals surface area contributed by atoms with Gasteiger partial charge in [-0.1, -0.05) is 12.1 Å². The van der Waals surface area contributed by atoms with Crippen LogP contribution in [0.2, 0.25) is 0 Å². The Hall–Kier alpha value is -3.42. The number of hydrogen-bond acceptors (Lipinski definition) is 6. The van der Waals surface area contributed by atoms with Crippen LogP contribution in [0.3, 0.4) is 0 Å². The van der Waals surface area contributed by atoms with Crippen LogP contribution in [0, 0.1) is 10.1 Å². The van der Waals surface area contributed by atoms with Crippen LogP contribution in [0.1, 0.15) is 17.3 Å². The zero-order chi connectivity index (χ0) is 18.4. The number of benzene rings is 2. The molecule has 0 saturated carbocycles. The number of carbonyl (C=O) groups excluding carboxylic acids is 2. The van der Waals surface area contributed by atoms with Gasteiger partial charge in [-0.15, -0.1) is 0 Å². The van der Waals surface area contributed by atoms with Gasteiger partial charge in [0.15, 0.2) is 12.4 Å². The lowest BCUT2D eigenvalue weighted by Gasteiger charge is -2.16. The van der Waals surface area contributed by atoms with Gasteiger partial charge in [-0.05, 0) is 31.2 Å². The molecule has 8 heteroatoms. The molecule has 0 spiro atoms. The van der Waals surface area contributed by atoms with Crippen molar-refractivity contribution in [3.8, 4) is 11.5 Å². The van der Waals surface area contributed by atoms with Crippen LogP contribution >= 0.6 is 0 Å². The zero-order valence-electron chi connectivity index (χ0n) is 13.6. The minimum Gasteiger partial charge on any atom is -0.497 e. The van der Waals surface area contributed by atoms with Gasteiger partial charge in [-0.2, -0.15) is 0 Å². The SMILES string of the molecule is COc1ccc(O[C@@H](C)C(=O)Nc2ccccc2[N+](=O)[O-])c(C=O)c1. The van der Waals surface area contributed by atoms with Gasteiger partial charge >= 0.3 is 0 Å². The summed E-state index contributed by atoms with van der Waals surface area (Å²) in [5.41, 5.74) is 0.0732. The fourth-order valence-corrected chi connectivity index (χ4v) is 2.07. The first kappa shape index (κ1) is 17.9. The molecule has 0 aromatic heterocycles. The number of nitrogens with zero attached hydrogens (tertiary/aromatic N) is 1. The molecule has 2 rings (SSSR count). The van der Waals surface area contributed by atoms with Crippen molar-refractivity contribution in [3.05, 3.63) is 58.1 Å². The van der Waals surface area contributed by atoms with E-state index in [0.717, 1.165) is 0 Å². The summed E-state index contributed by atoms with van der Waals surface area (Å²) < 4.78 is 10.5. The van der Waals surface area contributed by atoms with Crippen molar-refractivity contribution in [2.24, 2.45) is 0 Å². The highest BCUT2D eigenvalue weighted by Crippen LogP contribution is 2.25. The van der Waals surface area contributed by atoms with E-state index in [1.807, 2.05) is 0 Å². The number of carbonyl (C=O) groups is 2. The maximum absolute atomic E-state index is 12.2. The van der Waals surface area contributed by atoms with Gasteiger partial charge < -0.3 is 14.8 Å². The number of hydrogen-bond donors (Lipinski definition) is 1. The smallest absolute Gasteiger partial charge is 0.292 e. The quantitative estimate of drug-likeness (QED) is 0.470. The number of para-hydroxylation sites is 2. The summed E-state index contributed by atoms with van der Waals surface area (Å²) >= 11 is 0. The molecule has 0 saturated heterocycles. The predicted octanol–water partition coefficient (Wildman–Crippen LogP) is 2.82. The Morgan fingerprint density at radius 3 is 2.64 bits per heavy atom. The van der Waals surface area contributed by atoms with E-state index in [4.69, 9.17) is 9.47 Å². The first-order chi connectivity index (χ1) is 12.0. The van der Waals surface area contributed by atoms with Crippen LogP contribution in [-0.4, -0.2) is 30.3 Å². The van der Waals surface area contributed by atoms with Crippen LogP contribution < -0.4 is 14.8 Å². The van der Waals surface area contributed by atoms with Gasteiger partial charge in [0, 0.05) is 6.07 Å². The Kier molecular flexibility index (Phi) is 5.67. The average molecular weight is 344 g/mol. The monoisotopic (exact) mass is 344 g/mol. The maximum Gasteiger partial charge on any atom is 0.292 e. The first-order valence-corrected chi connectivity index (χ1v) is 7.30. The molecule has 1 atom stereocenters. The van der Waals surface area contributed by atoms with E-state index in [1.165, 1.54) is 44.4 Å². The standard InChI is InChI=1S/C17H16N2O6/c1-11(25-16-8-7-13(24-2)9-12(16)10-20)17(21)18-14-5-3-4-6-15(14)19(22)23/h3-11H,1-2H3,(H,18,21)/t11-/m0/s1. The number of amides is 1. The van der Waals surface area contributed by atoms with Crippen molar-refractivity contribution in [1.82, 2.24) is 0 Å². The second kappa shape index (κ2) is 7.91. The highest BCUT2D eigenvalue weighted by Gasteiger charge is 2.20. The number of nitro groups is 1. The number of nitro benzene ring substituents is 1. The molecule has 130 valence electrons. The van der Waals surface area contributed by atoms with E-state index in [2.05, 4.69) is 5.32 Å². The third kappa shape index (κ3) is 4.31. The van der Waals surface area contributed by atoms with Crippen LogP contribution in [0.4, 0.5) is 11.4 Å². The van der Waals surface area contributed by atoms with Crippen LogP contribution in [0.25, 0.3) is 0 Å². The normalized spacial score (nSPS) is 11.3. The minimum atomic E-state index is -0.980. The zero-order valence-corrected chi connectivity index (χ0v) is 13.6. The Morgan fingerprint density at radius 1 is 1.28 bits per heavy atom. The molecule has 2 aromatic carbocycles. The van der Waals surface area contributed by atoms with Gasteiger partial charge in [0.05, 0.1) is 17.6 Å². The fraction of sp³-hybridized carbons (Fsp3) is 0.176. The molecule has 1 N–H and O–H groups in total. The Labute approximate surface area is 143 Å². The van der Waals surface area contributed by atoms with E-state index in [9.17, 15) is 19.7 Å². The summed E-state index contributed by atoms with van der Waals surface area (Å²) in [6, 6.07) is 10.4. The lowest BCUT2D eigenvalue weighted by atomic mass is 10.2. The highest BCUT2D eigenvalue weighted by atomic mass is 16.6. The van der Waals surface area contributed by atoms with Crippen LogP contribution in [0.5, 0.6) is 11.5 Å². The lowest BCUT2D eigenvalue weighted by molar-refractivity contribution is -0.383. The van der Waals surface area contributed by atoms with Crippen LogP contribution in [-0.2, 0) is 4.79 Å². The van der Waals surface area contributed by atoms with E-state index < -0.39 is 16.9 Å². The molecular formula is C17H16N2O6. The molecular weight excluding hydrogens is 328 g/mol. The molecule has 2 aromatic rings. The maximum atomic E-state index is 12.2. The molecule has 25 heavy (non-hydrogen) atoms. The third-order valence-electron chi connectivity index (χ3n) is 3.38. The molecule has 0 fully saturated rings. The van der Waals surface area contributed by atoms with Crippen molar-refractivity contribution in [2.75, 3.05) is 12.4 Å². The first-order valence-electron chi connectivity index (χ1n) is 7.30. The number of nitrogens with one attached hydrogen (secondary N) is 1. The summed E-state index contributed by atoms with van der Waals surface area (Å²) in [7, 11) is 1.47. The van der Waals surface area contributed by atoms with E-state index in [0.29, 0.717) is 12.0 Å². The minimum absolute atomic E-state index is 0.0679. The molecule has 0 radical (unpaired) electrons. The van der Waals surface area contributed by atoms with Crippen LogP contribution in [0.15, 0.2) is 42.5 Å². The summed E-state index contributed by atoms with van der Waals surface area (Å²) in [5.74, 6) is 0.106. The largest absolute Gasteiger partial charge is 0.497 e. The van der Waals surface area contributed by atoms with Crippen molar-refractivity contribution >= 4 is 23.6 Å². The van der Waals surface area contributed by atoms with Gasteiger partial charge in [0.2, 0.25) is 0 Å². The molecule has 1 amide bonds. The molecule has 0 heterocycles. The highest BCUT2D eigenvalue weighted by molar-refractivity contribution is 5.96. The number of methoxy groups -OCH3 is 1. The summed E-state index contributed by atoms with van der Waals surface area (Å²) in [6.45, 7) is 1.48. The van der Waals surface area contributed by atoms with Gasteiger partial charge in [-0.25, -0.2) is 0 Å². The molecule has 0 unspecified atom stereocenters. The van der Waals surface area contributed by atoms with E-state index in [1.54, 1.807) is 12.1 Å². The van der Waals surface area contributed by atoms with Crippen molar-refractivity contribution in [2.45, 2.75) is 13.0 Å². The topological polar surface area (TPSA) is 108 Å². The number of ether oxygens (including phenoxy) is 2. The molecule has 8 nitrogen and oxygen atoms in total. The summed E-state index contributed by atoms with van der Waals surface area (Å²) in [4.78, 5) is 33.8. The lowest BCUT2D eigenvalue weighted by Crippen LogP contribution is -2.30. The van der Waals surface area contributed by atoms with Crippen molar-refractivity contribution in [3.63, 3.8) is 0 Å². The van der Waals surface area contributed by atoms with Crippen molar-refractivity contribution in [1.29, 1.82) is 0 Å². The number of aldehydes is 1. The second-order valence-electron chi connectivity index (χ2n) is 5.05. The van der Waals surface area contributed by atoms with E-state index in [-0.39, 0.29) is 22.7 Å². The third-order valence-corrected chi connectivity index (χ3v) is 3.38. The van der Waals surface area contributed by atoms with Crippen molar-refractivity contribution < 1.29 is 24.0 Å². The Bertz CT molecular complexity index is 805. The van der Waals surface area contributed by atoms with E-state index >= 15 is 0 Å². The number of rotatable bonds is 7. The Balaban J connectivity index is 2.14. The summed E-state index contributed by atoms with van der Waals surface area (Å²) in [6.07, 6.45) is -0.392. The Morgan fingerprint density at radius 2 is 2.00 bits per heavy atom. The number of anilines is 1. The molecule has 0 aliphatic rings. The van der Waals surface area contributed by atoms with Gasteiger partial charge in [-0.3, -0.25) is 19.7 Å². The predicted molar refractivity (Wildman–Crippen MR) is 90.2 cm³/mol. The molecule has 0 aliphatic carbocycles. The van der Waals surface area contributed by atoms with Gasteiger partial charge in [0.1, 0.15) is 17.2 Å². The molecule has 0 aliphatic heterocycles. The van der Waals surface area contributed by atoms with Gasteiger partial charge in [0.25, 0.3) is 11.6 Å².